The van der Waals surface area contributed by atoms with Crippen LogP contribution in [0.2, 0.25) is 0 Å². The topological polar surface area (TPSA) is 119 Å². The summed E-state index contributed by atoms with van der Waals surface area (Å²) in [6.07, 6.45) is 0. The van der Waals surface area contributed by atoms with E-state index in [1.807, 2.05) is 0 Å². The van der Waals surface area contributed by atoms with Gasteiger partial charge in [0, 0.05) is 5.56 Å². The standard InChI is InChI=1S/C19H19FN2O7S/c1-28-17(23)11-22(12-18(24)29-2)19(25)13-7-9-14(10-8-13)30(26,27)21-16-6-4-3-5-15(16)20/h3-10,21H,11-12H2,1-2H3. The van der Waals surface area contributed by atoms with E-state index in [1.54, 1.807) is 0 Å². The van der Waals surface area contributed by atoms with Gasteiger partial charge in [-0.25, -0.2) is 12.8 Å². The molecule has 0 aliphatic carbocycles. The number of benzene rings is 2. The van der Waals surface area contributed by atoms with E-state index in [9.17, 15) is 27.2 Å². The Hall–Kier alpha value is -3.47. The average Bonchev–Trinajstić information content (AvgIpc) is 2.74. The molecule has 160 valence electrons. The molecule has 0 saturated carbocycles. The fourth-order valence-electron chi connectivity index (χ4n) is 2.35. The van der Waals surface area contributed by atoms with Crippen molar-refractivity contribution in [2.45, 2.75) is 4.90 Å². The second kappa shape index (κ2) is 9.83. The highest BCUT2D eigenvalue weighted by atomic mass is 32.2. The molecule has 0 saturated heterocycles. The minimum Gasteiger partial charge on any atom is -0.468 e. The highest BCUT2D eigenvalue weighted by Gasteiger charge is 2.23. The fourth-order valence-corrected chi connectivity index (χ4v) is 3.41. The molecule has 0 aliphatic rings. The summed E-state index contributed by atoms with van der Waals surface area (Å²) in [7, 11) is -1.85. The van der Waals surface area contributed by atoms with Gasteiger partial charge in [-0.2, -0.15) is 0 Å². The van der Waals surface area contributed by atoms with E-state index >= 15 is 0 Å². The lowest BCUT2D eigenvalue weighted by molar-refractivity contribution is -0.144. The Morgan fingerprint density at radius 1 is 0.933 bits per heavy atom. The maximum atomic E-state index is 13.7. The Morgan fingerprint density at radius 2 is 1.47 bits per heavy atom. The summed E-state index contributed by atoms with van der Waals surface area (Å²) >= 11 is 0. The van der Waals surface area contributed by atoms with Crippen LogP contribution in [0.25, 0.3) is 0 Å². The SMILES string of the molecule is COC(=O)CN(CC(=O)OC)C(=O)c1ccc(S(=O)(=O)Nc2ccccc2F)cc1. The molecule has 0 atom stereocenters. The monoisotopic (exact) mass is 438 g/mol. The molecule has 0 spiro atoms. The van der Waals surface area contributed by atoms with Crippen LogP contribution in [0.4, 0.5) is 10.1 Å². The van der Waals surface area contributed by atoms with Crippen LogP contribution >= 0.6 is 0 Å². The number of carbonyl (C=O) groups is 3. The highest BCUT2D eigenvalue weighted by molar-refractivity contribution is 7.92. The Kier molecular flexibility index (Phi) is 7.48. The van der Waals surface area contributed by atoms with Gasteiger partial charge < -0.3 is 14.4 Å². The van der Waals surface area contributed by atoms with Crippen LogP contribution < -0.4 is 4.72 Å². The van der Waals surface area contributed by atoms with Crippen LogP contribution in [-0.4, -0.2) is 58.5 Å². The largest absolute Gasteiger partial charge is 0.468 e. The third kappa shape index (κ3) is 5.77. The smallest absolute Gasteiger partial charge is 0.325 e. The van der Waals surface area contributed by atoms with Crippen molar-refractivity contribution in [3.63, 3.8) is 0 Å². The third-order valence-corrected chi connectivity index (χ3v) is 5.29. The molecule has 1 amide bonds. The number of halogens is 1. The first-order valence-electron chi connectivity index (χ1n) is 8.48. The number of hydrogen-bond acceptors (Lipinski definition) is 7. The number of nitrogens with one attached hydrogen (secondary N) is 1. The quantitative estimate of drug-likeness (QED) is 0.619. The van der Waals surface area contributed by atoms with Gasteiger partial charge in [0.15, 0.2) is 0 Å². The number of esters is 2. The molecule has 0 aliphatic heterocycles. The first kappa shape index (κ1) is 22.8. The summed E-state index contributed by atoms with van der Waals surface area (Å²) in [5, 5.41) is 0. The van der Waals surface area contributed by atoms with Crippen LogP contribution in [-0.2, 0) is 29.1 Å². The number of anilines is 1. The maximum Gasteiger partial charge on any atom is 0.325 e. The van der Waals surface area contributed by atoms with Gasteiger partial charge >= 0.3 is 11.9 Å². The number of amides is 1. The highest BCUT2D eigenvalue weighted by Crippen LogP contribution is 2.19. The van der Waals surface area contributed by atoms with E-state index in [2.05, 4.69) is 14.2 Å². The van der Waals surface area contributed by atoms with Gasteiger partial charge in [-0.3, -0.25) is 19.1 Å². The van der Waals surface area contributed by atoms with Gasteiger partial charge in [0.1, 0.15) is 18.9 Å². The zero-order valence-corrected chi connectivity index (χ0v) is 16.9. The van der Waals surface area contributed by atoms with Gasteiger partial charge in [0.2, 0.25) is 0 Å². The molecule has 2 aromatic rings. The zero-order chi connectivity index (χ0) is 22.3. The van der Waals surface area contributed by atoms with Crippen LogP contribution in [0, 0.1) is 5.82 Å². The van der Waals surface area contributed by atoms with Crippen LogP contribution in [0.5, 0.6) is 0 Å². The second-order valence-corrected chi connectivity index (χ2v) is 7.61. The van der Waals surface area contributed by atoms with E-state index in [-0.39, 0.29) is 16.1 Å². The average molecular weight is 438 g/mol. The lowest BCUT2D eigenvalue weighted by atomic mass is 10.2. The molecule has 0 bridgehead atoms. The Balaban J connectivity index is 2.23. The van der Waals surface area contributed by atoms with E-state index in [4.69, 9.17) is 0 Å². The van der Waals surface area contributed by atoms with Gasteiger partial charge in [-0.1, -0.05) is 12.1 Å². The molecule has 2 rings (SSSR count). The Morgan fingerprint density at radius 3 is 1.97 bits per heavy atom. The second-order valence-electron chi connectivity index (χ2n) is 5.92. The van der Waals surface area contributed by atoms with Crippen molar-refractivity contribution in [1.82, 2.24) is 4.90 Å². The minimum absolute atomic E-state index is 0.0210. The number of para-hydroxylation sites is 1. The van der Waals surface area contributed by atoms with E-state index in [0.717, 1.165) is 37.3 Å². The number of rotatable bonds is 8. The summed E-state index contributed by atoms with van der Waals surface area (Å²) in [6.45, 7) is -1.00. The molecule has 0 aromatic heterocycles. The van der Waals surface area contributed by atoms with Gasteiger partial charge in [-0.15, -0.1) is 0 Å². The molecule has 2 aromatic carbocycles. The number of methoxy groups -OCH3 is 2. The normalized spacial score (nSPS) is 10.8. The number of carbonyl (C=O) groups excluding carboxylic acids is 3. The molecular formula is C19H19FN2O7S. The number of nitrogens with zero attached hydrogens (tertiary/aromatic N) is 1. The van der Waals surface area contributed by atoms with Crippen molar-refractivity contribution in [1.29, 1.82) is 0 Å². The van der Waals surface area contributed by atoms with Crippen molar-refractivity contribution in [3.8, 4) is 0 Å². The van der Waals surface area contributed by atoms with Crippen molar-refractivity contribution in [2.24, 2.45) is 0 Å². The van der Waals surface area contributed by atoms with Crippen molar-refractivity contribution in [2.75, 3.05) is 32.0 Å². The fraction of sp³-hybridized carbons (Fsp3) is 0.211. The molecule has 0 fully saturated rings. The predicted octanol–water partition coefficient (Wildman–Crippen LogP) is 1.41. The van der Waals surface area contributed by atoms with E-state index in [1.165, 1.54) is 30.3 Å². The van der Waals surface area contributed by atoms with Crippen LogP contribution in [0.1, 0.15) is 10.4 Å². The molecule has 9 nitrogen and oxygen atoms in total. The maximum absolute atomic E-state index is 13.7. The predicted molar refractivity (Wildman–Crippen MR) is 104 cm³/mol. The third-order valence-electron chi connectivity index (χ3n) is 3.91. The molecular weight excluding hydrogens is 419 g/mol. The summed E-state index contributed by atoms with van der Waals surface area (Å²) in [5.74, 6) is -2.95. The zero-order valence-electron chi connectivity index (χ0n) is 16.1. The van der Waals surface area contributed by atoms with Gasteiger partial charge in [0.05, 0.1) is 24.8 Å². The van der Waals surface area contributed by atoms with Crippen molar-refractivity contribution < 1.29 is 36.7 Å². The lowest BCUT2D eigenvalue weighted by Gasteiger charge is -2.20. The molecule has 0 unspecified atom stereocenters. The van der Waals surface area contributed by atoms with E-state index in [0.29, 0.717) is 0 Å². The summed E-state index contributed by atoms with van der Waals surface area (Å²) in [6, 6.07) is 9.97. The number of sulfonamides is 1. The van der Waals surface area contributed by atoms with Crippen molar-refractivity contribution >= 4 is 33.6 Å². The molecule has 0 radical (unpaired) electrons. The Labute approximate surface area is 172 Å². The summed E-state index contributed by atoms with van der Waals surface area (Å²) in [4.78, 5) is 36.4. The molecule has 30 heavy (non-hydrogen) atoms. The first-order valence-corrected chi connectivity index (χ1v) is 9.96. The van der Waals surface area contributed by atoms with Crippen LogP contribution in [0.15, 0.2) is 53.4 Å². The summed E-state index contributed by atoms with van der Waals surface area (Å²) in [5.41, 5.74) is -0.201. The van der Waals surface area contributed by atoms with E-state index < -0.39 is 46.8 Å². The first-order chi connectivity index (χ1) is 14.2. The molecule has 11 heteroatoms. The number of ether oxygens (including phenoxy) is 2. The van der Waals surface area contributed by atoms with Gasteiger partial charge in [-0.05, 0) is 36.4 Å². The van der Waals surface area contributed by atoms with Gasteiger partial charge in [0.25, 0.3) is 15.9 Å². The Bertz CT molecular complexity index is 1020. The van der Waals surface area contributed by atoms with Crippen molar-refractivity contribution in [3.05, 3.63) is 59.9 Å². The lowest BCUT2D eigenvalue weighted by Crippen LogP contribution is -2.40. The molecule has 0 heterocycles. The molecule has 1 N–H and O–H groups in total. The van der Waals surface area contributed by atoms with Crippen LogP contribution in [0.3, 0.4) is 0 Å². The minimum atomic E-state index is -4.11. The number of hydrogen-bond donors (Lipinski definition) is 1. The summed E-state index contributed by atoms with van der Waals surface area (Å²) < 4.78 is 49.7.